The molecule has 0 fully saturated rings. The molecule has 0 aliphatic heterocycles. The minimum atomic E-state index is 0.352. The third-order valence-corrected chi connectivity index (χ3v) is 1.45. The lowest BCUT2D eigenvalue weighted by molar-refractivity contribution is 0.0748. The first-order valence-electron chi connectivity index (χ1n) is 3.54. The normalized spacial score (nSPS) is 11.7. The van der Waals surface area contributed by atoms with Crippen LogP contribution in [-0.2, 0) is 9.47 Å². The van der Waals surface area contributed by atoms with Crippen molar-refractivity contribution in [1.29, 1.82) is 0 Å². The van der Waals surface area contributed by atoms with Gasteiger partial charge in [0.25, 0.3) is 0 Å². The lowest BCUT2D eigenvalue weighted by Gasteiger charge is -2.00. The summed E-state index contributed by atoms with van der Waals surface area (Å²) in [7, 11) is 1.63. The second kappa shape index (κ2) is 8.76. The Bertz CT molecular complexity index is 132. The minimum absolute atomic E-state index is 0.352. The SMILES string of the molecule is COCCOCCN=C(N)NBr. The predicted octanol–water partition coefficient (Wildman–Crippen LogP) is -0.136. The molecule has 3 N–H and O–H groups in total. The highest BCUT2D eigenvalue weighted by molar-refractivity contribution is 9.08. The second-order valence-electron chi connectivity index (χ2n) is 1.97. The molecule has 0 aliphatic rings. The Morgan fingerprint density at radius 1 is 1.50 bits per heavy atom. The van der Waals surface area contributed by atoms with E-state index in [9.17, 15) is 0 Å². The van der Waals surface area contributed by atoms with Crippen LogP contribution >= 0.6 is 16.1 Å². The number of ether oxygens (including phenoxy) is 2. The molecule has 0 amide bonds. The molecule has 0 aromatic heterocycles. The summed E-state index contributed by atoms with van der Waals surface area (Å²) in [5.41, 5.74) is 5.33. The van der Waals surface area contributed by atoms with E-state index >= 15 is 0 Å². The van der Waals surface area contributed by atoms with E-state index in [1.807, 2.05) is 0 Å². The first-order chi connectivity index (χ1) is 5.81. The van der Waals surface area contributed by atoms with Crippen molar-refractivity contribution in [2.24, 2.45) is 10.7 Å². The molecule has 0 bridgehead atoms. The topological polar surface area (TPSA) is 68.9 Å². The van der Waals surface area contributed by atoms with Crippen molar-refractivity contribution in [3.63, 3.8) is 0 Å². The van der Waals surface area contributed by atoms with Crippen molar-refractivity contribution >= 4 is 22.1 Å². The first-order valence-corrected chi connectivity index (χ1v) is 4.33. The molecular weight excluding hydrogens is 226 g/mol. The van der Waals surface area contributed by atoms with E-state index in [4.69, 9.17) is 15.2 Å². The lowest BCUT2D eigenvalue weighted by Crippen LogP contribution is -2.24. The smallest absolute Gasteiger partial charge is 0.198 e. The lowest BCUT2D eigenvalue weighted by atomic mass is 10.7. The Hall–Kier alpha value is -0.330. The number of rotatable bonds is 6. The van der Waals surface area contributed by atoms with Crippen LogP contribution in [0.3, 0.4) is 0 Å². The quantitative estimate of drug-likeness (QED) is 0.293. The molecule has 0 unspecified atom stereocenters. The number of aliphatic imine (C=N–C) groups is 1. The van der Waals surface area contributed by atoms with Gasteiger partial charge in [-0.3, -0.25) is 9.34 Å². The number of halogens is 1. The van der Waals surface area contributed by atoms with E-state index < -0.39 is 0 Å². The fourth-order valence-electron chi connectivity index (χ4n) is 0.505. The number of guanidine groups is 1. The fraction of sp³-hybridized carbons (Fsp3) is 0.833. The summed E-state index contributed by atoms with van der Waals surface area (Å²) in [6.45, 7) is 2.30. The highest BCUT2D eigenvalue weighted by Gasteiger charge is 1.87. The van der Waals surface area contributed by atoms with Crippen molar-refractivity contribution < 1.29 is 9.47 Å². The summed E-state index contributed by atoms with van der Waals surface area (Å²) < 4.78 is 12.5. The van der Waals surface area contributed by atoms with E-state index in [0.717, 1.165) is 0 Å². The van der Waals surface area contributed by atoms with Crippen LogP contribution < -0.4 is 10.1 Å². The number of hydrogen-bond donors (Lipinski definition) is 2. The van der Waals surface area contributed by atoms with Gasteiger partial charge >= 0.3 is 0 Å². The maximum absolute atomic E-state index is 5.33. The summed E-state index contributed by atoms with van der Waals surface area (Å²) in [6, 6.07) is 0. The van der Waals surface area contributed by atoms with E-state index in [-0.39, 0.29) is 0 Å². The average Bonchev–Trinajstić information content (AvgIpc) is 2.10. The minimum Gasteiger partial charge on any atom is -0.382 e. The molecule has 0 aromatic carbocycles. The van der Waals surface area contributed by atoms with Crippen LogP contribution in [0.1, 0.15) is 0 Å². The molecule has 0 saturated heterocycles. The maximum Gasteiger partial charge on any atom is 0.198 e. The van der Waals surface area contributed by atoms with Gasteiger partial charge in [-0.25, -0.2) is 0 Å². The molecule has 6 heteroatoms. The Kier molecular flexibility index (Phi) is 8.52. The largest absolute Gasteiger partial charge is 0.382 e. The molecule has 0 atom stereocenters. The second-order valence-corrected chi connectivity index (χ2v) is 2.36. The van der Waals surface area contributed by atoms with Gasteiger partial charge in [-0.05, 0) is 0 Å². The molecule has 72 valence electrons. The third-order valence-electron chi connectivity index (χ3n) is 1.05. The zero-order chi connectivity index (χ0) is 9.23. The standard InChI is InChI=1S/C6H14BrN3O2/c1-11-4-5-12-3-2-9-6(8)10-7/h2-5H2,1H3,(H3,8,9,10). The molecule has 0 saturated carbocycles. The Labute approximate surface area is 80.7 Å². The summed E-state index contributed by atoms with van der Waals surface area (Å²) >= 11 is 2.94. The summed E-state index contributed by atoms with van der Waals surface area (Å²) in [5.74, 6) is 0.352. The van der Waals surface area contributed by atoms with Gasteiger partial charge < -0.3 is 15.2 Å². The van der Waals surface area contributed by atoms with Gasteiger partial charge in [0, 0.05) is 23.3 Å². The van der Waals surface area contributed by atoms with Crippen molar-refractivity contribution in [1.82, 2.24) is 4.34 Å². The van der Waals surface area contributed by atoms with Crippen molar-refractivity contribution in [2.45, 2.75) is 0 Å². The van der Waals surface area contributed by atoms with Crippen LogP contribution in [0.5, 0.6) is 0 Å². The molecule has 0 aromatic rings. The van der Waals surface area contributed by atoms with Crippen molar-refractivity contribution in [2.75, 3.05) is 33.5 Å². The average molecular weight is 240 g/mol. The molecule has 0 aliphatic carbocycles. The van der Waals surface area contributed by atoms with E-state index in [0.29, 0.717) is 32.3 Å². The Morgan fingerprint density at radius 2 is 2.25 bits per heavy atom. The molecule has 0 heterocycles. The monoisotopic (exact) mass is 239 g/mol. The number of hydrogen-bond acceptors (Lipinski definition) is 3. The van der Waals surface area contributed by atoms with E-state index in [1.165, 1.54) is 0 Å². The van der Waals surface area contributed by atoms with Crippen LogP contribution in [0, 0.1) is 0 Å². The third kappa shape index (κ3) is 7.77. The first kappa shape index (κ1) is 11.7. The van der Waals surface area contributed by atoms with Crippen LogP contribution in [0.4, 0.5) is 0 Å². The van der Waals surface area contributed by atoms with E-state index in [2.05, 4.69) is 25.5 Å². The molecule has 5 nitrogen and oxygen atoms in total. The maximum atomic E-state index is 5.33. The zero-order valence-electron chi connectivity index (χ0n) is 7.05. The van der Waals surface area contributed by atoms with Gasteiger partial charge in [0.1, 0.15) is 0 Å². The van der Waals surface area contributed by atoms with Crippen molar-refractivity contribution in [3.05, 3.63) is 0 Å². The summed E-state index contributed by atoms with van der Waals surface area (Å²) in [5, 5.41) is 0. The van der Waals surface area contributed by atoms with Crippen LogP contribution in [0.15, 0.2) is 4.99 Å². The summed E-state index contributed by atoms with van der Waals surface area (Å²) in [4.78, 5) is 3.91. The number of nitrogens with one attached hydrogen (secondary N) is 1. The predicted molar refractivity (Wildman–Crippen MR) is 51.2 cm³/mol. The molecule has 0 rings (SSSR count). The zero-order valence-corrected chi connectivity index (χ0v) is 8.63. The highest BCUT2D eigenvalue weighted by Crippen LogP contribution is 1.78. The number of nitrogens with zero attached hydrogens (tertiary/aromatic N) is 1. The Balaban J connectivity index is 3.10. The Morgan fingerprint density at radius 3 is 2.83 bits per heavy atom. The number of methoxy groups -OCH3 is 1. The van der Waals surface area contributed by atoms with Crippen molar-refractivity contribution in [3.8, 4) is 0 Å². The van der Waals surface area contributed by atoms with Gasteiger partial charge in [0.05, 0.1) is 26.4 Å². The van der Waals surface area contributed by atoms with Gasteiger partial charge in [-0.2, -0.15) is 0 Å². The van der Waals surface area contributed by atoms with Crippen LogP contribution in [0.2, 0.25) is 0 Å². The summed E-state index contributed by atoms with van der Waals surface area (Å²) in [6.07, 6.45) is 0. The molecule has 0 spiro atoms. The van der Waals surface area contributed by atoms with Crippen LogP contribution in [0.25, 0.3) is 0 Å². The van der Waals surface area contributed by atoms with Gasteiger partial charge in [0.15, 0.2) is 5.96 Å². The fourth-order valence-corrected chi connectivity index (χ4v) is 0.630. The molecule has 12 heavy (non-hydrogen) atoms. The van der Waals surface area contributed by atoms with Gasteiger partial charge in [0.2, 0.25) is 0 Å². The van der Waals surface area contributed by atoms with Gasteiger partial charge in [-0.1, -0.05) is 0 Å². The molecule has 0 radical (unpaired) electrons. The highest BCUT2D eigenvalue weighted by atomic mass is 79.9. The van der Waals surface area contributed by atoms with E-state index in [1.54, 1.807) is 7.11 Å². The number of nitrogens with two attached hydrogens (primary N) is 1. The molecular formula is C6H14BrN3O2. The van der Waals surface area contributed by atoms with Gasteiger partial charge in [-0.15, -0.1) is 0 Å². The van der Waals surface area contributed by atoms with Crippen LogP contribution in [-0.4, -0.2) is 39.4 Å².